The van der Waals surface area contributed by atoms with Gasteiger partial charge in [0.25, 0.3) is 0 Å². The predicted octanol–water partition coefficient (Wildman–Crippen LogP) is 11.7. The Morgan fingerprint density at radius 3 is 1.44 bits per heavy atom. The highest BCUT2D eigenvalue weighted by Crippen LogP contribution is 2.43. The lowest BCUT2D eigenvalue weighted by Gasteiger charge is -2.20. The molecular weight excluding hydrogens is 679 g/mol. The van der Waals surface area contributed by atoms with E-state index >= 15 is 0 Å². The minimum Gasteiger partial charge on any atom is -0.457 e. The van der Waals surface area contributed by atoms with E-state index in [4.69, 9.17) is 23.6 Å². The average Bonchev–Trinajstić information content (AvgIpc) is 3.13. The van der Waals surface area contributed by atoms with Crippen LogP contribution in [0.3, 0.4) is 0 Å². The van der Waals surface area contributed by atoms with E-state index < -0.39 is 33.2 Å². The van der Waals surface area contributed by atoms with Crippen LogP contribution in [-0.4, -0.2) is 66.3 Å². The van der Waals surface area contributed by atoms with Crippen molar-refractivity contribution in [1.82, 2.24) is 0 Å². The Bertz CT molecular complexity index is 825. The van der Waals surface area contributed by atoms with Gasteiger partial charge in [-0.15, -0.1) is 0 Å². The second-order valence-corrected chi connectivity index (χ2v) is 16.2. The number of phosphoric ester groups is 1. The van der Waals surface area contributed by atoms with Crippen molar-refractivity contribution in [2.75, 3.05) is 33.0 Å². The van der Waals surface area contributed by atoms with Crippen LogP contribution in [-0.2, 0) is 27.9 Å². The van der Waals surface area contributed by atoms with E-state index in [0.717, 1.165) is 32.1 Å². The Hall–Kier alpha value is -0.800. The molecule has 0 aromatic carbocycles. The summed E-state index contributed by atoms with van der Waals surface area (Å²) in [5.74, 6) is -0.381. The van der Waals surface area contributed by atoms with Crippen molar-refractivity contribution < 1.29 is 43.0 Å². The van der Waals surface area contributed by atoms with Gasteiger partial charge in [-0.25, -0.2) is 4.57 Å². The van der Waals surface area contributed by atoms with Gasteiger partial charge in [0.2, 0.25) is 0 Å². The third-order valence-corrected chi connectivity index (χ3v) is 10.4. The standard InChI is InChI=1S/C42H83O9P/c1-3-5-7-9-11-13-15-17-18-19-20-21-22-23-24-26-28-30-32-34-42(45)51-41(39-50-52(46,47)49-37-40(44)36-43)38-48-35-33-31-29-27-25-16-14-12-10-8-6-4-2/h17-18,40-41,43-44H,3-16,19-39H2,1-2H3,(H,46,47)/b18-17-. The van der Waals surface area contributed by atoms with Crippen LogP contribution in [0.4, 0.5) is 0 Å². The van der Waals surface area contributed by atoms with Crippen LogP contribution in [0, 0.1) is 0 Å². The van der Waals surface area contributed by atoms with E-state index in [1.54, 1.807) is 0 Å². The Morgan fingerprint density at radius 1 is 0.577 bits per heavy atom. The first-order valence-corrected chi connectivity index (χ1v) is 23.2. The van der Waals surface area contributed by atoms with Gasteiger partial charge >= 0.3 is 13.8 Å². The van der Waals surface area contributed by atoms with E-state index in [9.17, 15) is 19.4 Å². The number of carbonyl (C=O) groups is 1. The molecule has 0 saturated heterocycles. The number of ether oxygens (including phenoxy) is 2. The van der Waals surface area contributed by atoms with Crippen LogP contribution in [0.25, 0.3) is 0 Å². The van der Waals surface area contributed by atoms with E-state index in [2.05, 4.69) is 26.0 Å². The lowest BCUT2D eigenvalue weighted by Crippen LogP contribution is -2.29. The molecule has 0 rings (SSSR count). The van der Waals surface area contributed by atoms with Crippen molar-refractivity contribution in [3.63, 3.8) is 0 Å². The molecule has 0 aliphatic carbocycles. The van der Waals surface area contributed by atoms with Gasteiger partial charge in [0.1, 0.15) is 12.2 Å². The number of allylic oxidation sites excluding steroid dienone is 2. The quantitative estimate of drug-likeness (QED) is 0.0241. The number of hydrogen-bond donors (Lipinski definition) is 3. The van der Waals surface area contributed by atoms with Gasteiger partial charge in [-0.2, -0.15) is 0 Å². The van der Waals surface area contributed by atoms with Gasteiger partial charge < -0.3 is 24.6 Å². The summed E-state index contributed by atoms with van der Waals surface area (Å²) in [7, 11) is -4.51. The number of rotatable bonds is 42. The summed E-state index contributed by atoms with van der Waals surface area (Å²) in [5, 5.41) is 18.3. The smallest absolute Gasteiger partial charge is 0.457 e. The number of aliphatic hydroxyl groups excluding tert-OH is 2. The molecule has 0 bridgehead atoms. The fourth-order valence-electron chi connectivity index (χ4n) is 6.12. The third kappa shape index (κ3) is 38.9. The molecule has 10 heteroatoms. The Labute approximate surface area is 320 Å². The number of hydrogen-bond acceptors (Lipinski definition) is 8. The topological polar surface area (TPSA) is 132 Å². The maximum absolute atomic E-state index is 12.6. The summed E-state index contributed by atoms with van der Waals surface area (Å²) in [6, 6.07) is 0. The first-order chi connectivity index (χ1) is 25.3. The van der Waals surface area contributed by atoms with Gasteiger partial charge in [-0.1, -0.05) is 174 Å². The molecule has 0 amide bonds. The molecule has 310 valence electrons. The zero-order chi connectivity index (χ0) is 38.2. The molecular formula is C42H83O9P. The summed E-state index contributed by atoms with van der Waals surface area (Å²) >= 11 is 0. The van der Waals surface area contributed by atoms with Crippen molar-refractivity contribution in [3.05, 3.63) is 12.2 Å². The van der Waals surface area contributed by atoms with Gasteiger partial charge in [0.15, 0.2) is 0 Å². The molecule has 52 heavy (non-hydrogen) atoms. The molecule has 0 spiro atoms. The molecule has 0 aromatic rings. The minimum atomic E-state index is -4.51. The van der Waals surface area contributed by atoms with Crippen molar-refractivity contribution >= 4 is 13.8 Å². The van der Waals surface area contributed by atoms with E-state index in [-0.39, 0.29) is 25.6 Å². The van der Waals surface area contributed by atoms with Crippen molar-refractivity contribution in [2.24, 2.45) is 0 Å². The molecule has 0 aliphatic rings. The maximum Gasteiger partial charge on any atom is 0.472 e. The molecule has 3 unspecified atom stereocenters. The molecule has 3 N–H and O–H groups in total. The van der Waals surface area contributed by atoms with Crippen molar-refractivity contribution in [1.29, 1.82) is 0 Å². The SMILES string of the molecule is CCCCCCCC/C=C\CCCCCCCCCCCC(=O)OC(COCCCCCCCCCCCCCC)COP(=O)(O)OCC(O)CO. The first kappa shape index (κ1) is 51.2. The lowest BCUT2D eigenvalue weighted by atomic mass is 10.1. The van der Waals surface area contributed by atoms with Gasteiger partial charge in [-0.05, 0) is 38.5 Å². The number of phosphoric acid groups is 1. The Kier molecular flexibility index (Phi) is 39.3. The molecule has 0 fully saturated rings. The fourth-order valence-corrected chi connectivity index (χ4v) is 6.91. The second-order valence-electron chi connectivity index (χ2n) is 14.7. The number of unbranched alkanes of at least 4 members (excludes halogenated alkanes) is 26. The Morgan fingerprint density at radius 2 is 0.981 bits per heavy atom. The lowest BCUT2D eigenvalue weighted by molar-refractivity contribution is -0.154. The first-order valence-electron chi connectivity index (χ1n) is 21.7. The summed E-state index contributed by atoms with van der Waals surface area (Å²) in [6.07, 6.45) is 38.8. The minimum absolute atomic E-state index is 0.0541. The highest BCUT2D eigenvalue weighted by molar-refractivity contribution is 7.47. The van der Waals surface area contributed by atoms with E-state index in [0.29, 0.717) is 6.61 Å². The predicted molar refractivity (Wildman–Crippen MR) is 215 cm³/mol. The van der Waals surface area contributed by atoms with Gasteiger partial charge in [-0.3, -0.25) is 13.8 Å². The van der Waals surface area contributed by atoms with Crippen LogP contribution in [0.1, 0.15) is 206 Å². The van der Waals surface area contributed by atoms with Crippen LogP contribution in [0.5, 0.6) is 0 Å². The normalized spacial score (nSPS) is 14.2. The molecule has 0 heterocycles. The zero-order valence-electron chi connectivity index (χ0n) is 33.8. The number of esters is 1. The van der Waals surface area contributed by atoms with Crippen LogP contribution < -0.4 is 0 Å². The summed E-state index contributed by atoms with van der Waals surface area (Å²) in [6.45, 7) is 3.54. The fraction of sp³-hybridized carbons (Fsp3) is 0.929. The molecule has 0 saturated carbocycles. The highest BCUT2D eigenvalue weighted by atomic mass is 31.2. The maximum atomic E-state index is 12.6. The summed E-state index contributed by atoms with van der Waals surface area (Å²) in [4.78, 5) is 22.5. The number of aliphatic hydroxyl groups is 2. The van der Waals surface area contributed by atoms with Gasteiger partial charge in [0.05, 0.1) is 26.4 Å². The summed E-state index contributed by atoms with van der Waals surface area (Å²) < 4.78 is 33.3. The largest absolute Gasteiger partial charge is 0.472 e. The van der Waals surface area contributed by atoms with Crippen molar-refractivity contribution in [3.8, 4) is 0 Å². The molecule has 9 nitrogen and oxygen atoms in total. The monoisotopic (exact) mass is 763 g/mol. The molecule has 0 aliphatic heterocycles. The van der Waals surface area contributed by atoms with Crippen LogP contribution >= 0.6 is 7.82 Å². The van der Waals surface area contributed by atoms with Gasteiger partial charge in [0, 0.05) is 13.0 Å². The highest BCUT2D eigenvalue weighted by Gasteiger charge is 2.26. The van der Waals surface area contributed by atoms with E-state index in [1.807, 2.05) is 0 Å². The van der Waals surface area contributed by atoms with Crippen LogP contribution in [0.2, 0.25) is 0 Å². The third-order valence-electron chi connectivity index (χ3n) is 9.45. The zero-order valence-corrected chi connectivity index (χ0v) is 34.7. The second kappa shape index (κ2) is 39.9. The van der Waals surface area contributed by atoms with Crippen LogP contribution in [0.15, 0.2) is 12.2 Å². The molecule has 3 atom stereocenters. The Balaban J connectivity index is 4.11. The summed E-state index contributed by atoms with van der Waals surface area (Å²) in [5.41, 5.74) is 0. The molecule has 0 aromatic heterocycles. The van der Waals surface area contributed by atoms with E-state index in [1.165, 1.54) is 154 Å². The molecule has 0 radical (unpaired) electrons. The number of carbonyl (C=O) groups excluding carboxylic acids is 1. The average molecular weight is 763 g/mol. The van der Waals surface area contributed by atoms with Crippen molar-refractivity contribution in [2.45, 2.75) is 219 Å².